The Hall–Kier alpha value is -2.47. The lowest BCUT2D eigenvalue weighted by atomic mass is 10.0. The predicted molar refractivity (Wildman–Crippen MR) is 72.6 cm³/mol. The fourth-order valence-electron chi connectivity index (χ4n) is 2.05. The van der Waals surface area contributed by atoms with Gasteiger partial charge in [-0.25, -0.2) is 13.8 Å². The van der Waals surface area contributed by atoms with E-state index in [1.165, 1.54) is 18.5 Å². The average Bonchev–Trinajstić information content (AvgIpc) is 2.86. The maximum absolute atomic E-state index is 13.8. The third-order valence-corrected chi connectivity index (χ3v) is 3.25. The van der Waals surface area contributed by atoms with Crippen molar-refractivity contribution < 1.29 is 18.7 Å². The first-order valence-corrected chi connectivity index (χ1v) is 6.21. The second-order valence-corrected chi connectivity index (χ2v) is 4.77. The van der Waals surface area contributed by atoms with Gasteiger partial charge in [0.1, 0.15) is 11.5 Å². The Morgan fingerprint density at radius 2 is 2.10 bits per heavy atom. The zero-order chi connectivity index (χ0) is 15.1. The average molecular weight is 309 g/mol. The van der Waals surface area contributed by atoms with Gasteiger partial charge in [0.05, 0.1) is 10.6 Å². The Morgan fingerprint density at radius 1 is 1.33 bits per heavy atom. The standard InChI is InChI=1S/C14H7ClF2N2O2/c15-6-3-7-8(5-19-14(7)18-4-6)13(21)11-9(16)1-2-10(20)12(11)17/h1-5,20H,(H,18,19). The molecular formula is C14H7ClF2N2O2. The Balaban J connectivity index is 2.22. The second kappa shape index (κ2) is 4.82. The van der Waals surface area contributed by atoms with Gasteiger partial charge >= 0.3 is 0 Å². The lowest BCUT2D eigenvalue weighted by Gasteiger charge is -2.05. The van der Waals surface area contributed by atoms with Crippen LogP contribution in [0.4, 0.5) is 8.78 Å². The highest BCUT2D eigenvalue weighted by Crippen LogP contribution is 2.27. The first-order chi connectivity index (χ1) is 9.99. The molecule has 0 radical (unpaired) electrons. The summed E-state index contributed by atoms with van der Waals surface area (Å²) >= 11 is 5.81. The lowest BCUT2D eigenvalue weighted by Crippen LogP contribution is -2.07. The number of pyridine rings is 1. The lowest BCUT2D eigenvalue weighted by molar-refractivity contribution is 0.103. The van der Waals surface area contributed by atoms with E-state index in [1.807, 2.05) is 0 Å². The van der Waals surface area contributed by atoms with Gasteiger partial charge in [-0.15, -0.1) is 0 Å². The Bertz CT molecular complexity index is 877. The van der Waals surface area contributed by atoms with E-state index >= 15 is 0 Å². The largest absolute Gasteiger partial charge is 0.505 e. The summed E-state index contributed by atoms with van der Waals surface area (Å²) in [4.78, 5) is 19.0. The van der Waals surface area contributed by atoms with Crippen molar-refractivity contribution in [3.8, 4) is 5.75 Å². The smallest absolute Gasteiger partial charge is 0.201 e. The summed E-state index contributed by atoms with van der Waals surface area (Å²) in [5.41, 5.74) is -0.442. The Morgan fingerprint density at radius 3 is 2.86 bits per heavy atom. The SMILES string of the molecule is O=C(c1c(F)ccc(O)c1F)c1c[nH]c2ncc(Cl)cc12. The molecule has 2 heterocycles. The number of H-pyrrole nitrogens is 1. The molecule has 0 saturated carbocycles. The number of hydrogen-bond acceptors (Lipinski definition) is 3. The maximum atomic E-state index is 13.8. The topological polar surface area (TPSA) is 66.0 Å². The van der Waals surface area contributed by atoms with Gasteiger partial charge in [0, 0.05) is 23.3 Å². The zero-order valence-corrected chi connectivity index (χ0v) is 11.1. The van der Waals surface area contributed by atoms with Crippen LogP contribution in [0.15, 0.2) is 30.6 Å². The number of aromatic amines is 1. The number of rotatable bonds is 2. The molecule has 3 aromatic rings. The Kier molecular flexibility index (Phi) is 3.10. The predicted octanol–water partition coefficient (Wildman–Crippen LogP) is 3.43. The number of nitrogens with zero attached hydrogens (tertiary/aromatic N) is 1. The monoisotopic (exact) mass is 308 g/mol. The molecular weight excluding hydrogens is 302 g/mol. The van der Waals surface area contributed by atoms with Crippen molar-refractivity contribution in [2.75, 3.05) is 0 Å². The minimum Gasteiger partial charge on any atom is -0.505 e. The highest BCUT2D eigenvalue weighted by molar-refractivity contribution is 6.31. The summed E-state index contributed by atoms with van der Waals surface area (Å²) in [6, 6.07) is 3.13. The molecule has 0 aliphatic heterocycles. The van der Waals surface area contributed by atoms with Crippen LogP contribution in [-0.2, 0) is 0 Å². The number of carbonyl (C=O) groups is 1. The number of phenolic OH excluding ortho intramolecular Hbond substituents is 1. The van der Waals surface area contributed by atoms with Crippen LogP contribution in [-0.4, -0.2) is 20.9 Å². The van der Waals surface area contributed by atoms with Gasteiger partial charge < -0.3 is 10.1 Å². The molecule has 7 heteroatoms. The van der Waals surface area contributed by atoms with Gasteiger partial charge in [-0.2, -0.15) is 0 Å². The van der Waals surface area contributed by atoms with Gasteiger partial charge in [0.2, 0.25) is 5.78 Å². The minimum absolute atomic E-state index is 0.0170. The molecule has 0 spiro atoms. The number of carbonyl (C=O) groups excluding carboxylic acids is 1. The van der Waals surface area contributed by atoms with Crippen molar-refractivity contribution in [2.45, 2.75) is 0 Å². The van der Waals surface area contributed by atoms with Gasteiger partial charge in [0.25, 0.3) is 0 Å². The van der Waals surface area contributed by atoms with Crippen LogP contribution in [0.25, 0.3) is 11.0 Å². The Labute approximate surface area is 122 Å². The number of fused-ring (bicyclic) bond motifs is 1. The van der Waals surface area contributed by atoms with Gasteiger partial charge in [-0.3, -0.25) is 4.79 Å². The molecule has 0 aliphatic rings. The molecule has 0 bridgehead atoms. The fraction of sp³-hybridized carbons (Fsp3) is 0. The number of halogens is 3. The molecule has 0 fully saturated rings. The van der Waals surface area contributed by atoms with Gasteiger partial charge in [0.15, 0.2) is 11.6 Å². The number of ketones is 1. The number of hydrogen-bond donors (Lipinski definition) is 2. The number of phenols is 1. The number of aromatic hydroxyl groups is 1. The highest BCUT2D eigenvalue weighted by atomic mass is 35.5. The van der Waals surface area contributed by atoms with Crippen molar-refractivity contribution in [1.82, 2.24) is 9.97 Å². The molecule has 1 aromatic carbocycles. The highest BCUT2D eigenvalue weighted by Gasteiger charge is 2.24. The van der Waals surface area contributed by atoms with Crippen LogP contribution < -0.4 is 0 Å². The fourth-order valence-corrected chi connectivity index (χ4v) is 2.21. The van der Waals surface area contributed by atoms with Crippen molar-refractivity contribution in [3.05, 3.63) is 58.4 Å². The summed E-state index contributed by atoms with van der Waals surface area (Å²) in [5, 5.41) is 9.92. The summed E-state index contributed by atoms with van der Waals surface area (Å²) in [7, 11) is 0. The molecule has 0 unspecified atom stereocenters. The van der Waals surface area contributed by atoms with E-state index in [4.69, 9.17) is 11.6 Å². The number of benzene rings is 1. The summed E-state index contributed by atoms with van der Waals surface area (Å²) in [5.74, 6) is -4.06. The van der Waals surface area contributed by atoms with E-state index in [0.29, 0.717) is 11.0 Å². The minimum atomic E-state index is -1.30. The molecule has 0 amide bonds. The molecule has 0 saturated heterocycles. The zero-order valence-electron chi connectivity index (χ0n) is 10.3. The molecule has 0 aliphatic carbocycles. The van der Waals surface area contributed by atoms with Gasteiger partial charge in [-0.1, -0.05) is 11.6 Å². The van der Waals surface area contributed by atoms with E-state index in [9.17, 15) is 18.7 Å². The van der Waals surface area contributed by atoms with Crippen LogP contribution >= 0.6 is 11.6 Å². The number of nitrogens with one attached hydrogen (secondary N) is 1. The van der Waals surface area contributed by atoms with E-state index in [2.05, 4.69) is 9.97 Å². The third kappa shape index (κ3) is 2.13. The summed E-state index contributed by atoms with van der Waals surface area (Å²) in [6.07, 6.45) is 2.67. The molecule has 2 aromatic heterocycles. The van der Waals surface area contributed by atoms with Gasteiger partial charge in [-0.05, 0) is 18.2 Å². The molecule has 3 rings (SSSR count). The van der Waals surface area contributed by atoms with Crippen LogP contribution in [0.1, 0.15) is 15.9 Å². The van der Waals surface area contributed by atoms with E-state index in [1.54, 1.807) is 0 Å². The van der Waals surface area contributed by atoms with E-state index in [0.717, 1.165) is 12.1 Å². The first kappa shape index (κ1) is 13.5. The van der Waals surface area contributed by atoms with E-state index in [-0.39, 0.29) is 10.6 Å². The van der Waals surface area contributed by atoms with Crippen LogP contribution in [0.5, 0.6) is 5.75 Å². The first-order valence-electron chi connectivity index (χ1n) is 5.83. The molecule has 0 atom stereocenters. The second-order valence-electron chi connectivity index (χ2n) is 4.34. The molecule has 4 nitrogen and oxygen atoms in total. The quantitative estimate of drug-likeness (QED) is 0.713. The molecule has 2 N–H and O–H groups in total. The third-order valence-electron chi connectivity index (χ3n) is 3.04. The molecule has 21 heavy (non-hydrogen) atoms. The maximum Gasteiger partial charge on any atom is 0.201 e. The normalized spacial score (nSPS) is 11.0. The van der Waals surface area contributed by atoms with Crippen molar-refractivity contribution in [2.24, 2.45) is 0 Å². The van der Waals surface area contributed by atoms with Crippen molar-refractivity contribution in [1.29, 1.82) is 0 Å². The number of aromatic nitrogens is 2. The summed E-state index contributed by atoms with van der Waals surface area (Å²) < 4.78 is 27.5. The van der Waals surface area contributed by atoms with Crippen LogP contribution in [0.2, 0.25) is 5.02 Å². The summed E-state index contributed by atoms with van der Waals surface area (Å²) in [6.45, 7) is 0. The van der Waals surface area contributed by atoms with Crippen molar-refractivity contribution >= 4 is 28.4 Å². The van der Waals surface area contributed by atoms with Crippen LogP contribution in [0.3, 0.4) is 0 Å². The van der Waals surface area contributed by atoms with Crippen LogP contribution in [0, 0.1) is 11.6 Å². The van der Waals surface area contributed by atoms with E-state index < -0.39 is 28.7 Å². The molecule has 106 valence electrons. The van der Waals surface area contributed by atoms with Crippen molar-refractivity contribution in [3.63, 3.8) is 0 Å².